The molecule has 0 fully saturated rings. The molecule has 2 aromatic carbocycles. The fourth-order valence-electron chi connectivity index (χ4n) is 2.49. The molecular weight excluding hydrogens is 276 g/mol. The summed E-state index contributed by atoms with van der Waals surface area (Å²) >= 11 is 1.85. The van der Waals surface area contributed by atoms with Crippen LogP contribution in [0.25, 0.3) is 20.5 Å². The second-order valence-electron chi connectivity index (χ2n) is 5.17. The Morgan fingerprint density at radius 3 is 2.62 bits per heavy atom. The maximum atomic E-state index is 5.83. The normalized spacial score (nSPS) is 11.0. The van der Waals surface area contributed by atoms with Gasteiger partial charge in [-0.2, -0.15) is 0 Å². The summed E-state index contributed by atoms with van der Waals surface area (Å²) in [4.78, 5) is 1.33. The van der Waals surface area contributed by atoms with Crippen LogP contribution >= 0.6 is 11.3 Å². The van der Waals surface area contributed by atoms with Crippen molar-refractivity contribution in [3.63, 3.8) is 0 Å². The first-order valence-corrected chi connectivity index (χ1v) is 8.38. The van der Waals surface area contributed by atoms with Crippen LogP contribution in [0.4, 0.5) is 0 Å². The number of ether oxygens (including phenoxy) is 1. The zero-order valence-electron chi connectivity index (χ0n) is 12.6. The minimum Gasteiger partial charge on any atom is -0.493 e. The highest BCUT2D eigenvalue weighted by Crippen LogP contribution is 2.35. The van der Waals surface area contributed by atoms with Crippen molar-refractivity contribution in [1.82, 2.24) is 0 Å². The molecule has 1 nitrogen and oxygen atoms in total. The molecule has 0 atom stereocenters. The average molecular weight is 296 g/mol. The molecule has 0 radical (unpaired) electrons. The first-order chi connectivity index (χ1) is 10.3. The molecule has 0 aliphatic rings. The van der Waals surface area contributed by atoms with E-state index in [0.717, 1.165) is 25.2 Å². The molecule has 0 bridgehead atoms. The summed E-state index contributed by atoms with van der Waals surface area (Å²) in [5, 5.41) is 1.32. The minimum absolute atomic E-state index is 0.787. The van der Waals surface area contributed by atoms with Crippen molar-refractivity contribution in [2.24, 2.45) is 0 Å². The lowest BCUT2D eigenvalue weighted by molar-refractivity contribution is 0.314. The lowest BCUT2D eigenvalue weighted by atomic mass is 10.1. The third kappa shape index (κ3) is 2.96. The van der Waals surface area contributed by atoms with Crippen LogP contribution in [-0.4, -0.2) is 6.61 Å². The summed E-state index contributed by atoms with van der Waals surface area (Å²) in [6, 6.07) is 17.4. The zero-order chi connectivity index (χ0) is 14.7. The van der Waals surface area contributed by atoms with Gasteiger partial charge in [0, 0.05) is 9.58 Å². The standard InChI is InChI=1S/C19H20OS/c1-3-11-20-17-10-9-16(12-14(17)4-2)19-13-15-7-5-6-8-18(15)21-19/h5-10,12-13H,3-4,11H2,1-2H3. The van der Waals surface area contributed by atoms with Crippen LogP contribution in [0.15, 0.2) is 48.5 Å². The molecule has 2 heteroatoms. The second kappa shape index (κ2) is 6.31. The van der Waals surface area contributed by atoms with Crippen molar-refractivity contribution in [3.8, 4) is 16.2 Å². The predicted molar refractivity (Wildman–Crippen MR) is 92.4 cm³/mol. The predicted octanol–water partition coefficient (Wildman–Crippen LogP) is 5.92. The van der Waals surface area contributed by atoms with Crippen molar-refractivity contribution >= 4 is 21.4 Å². The summed E-state index contributed by atoms with van der Waals surface area (Å²) in [7, 11) is 0. The van der Waals surface area contributed by atoms with Gasteiger partial charge in [0.05, 0.1) is 6.61 Å². The van der Waals surface area contributed by atoms with Gasteiger partial charge in [0.25, 0.3) is 0 Å². The summed E-state index contributed by atoms with van der Waals surface area (Å²) in [6.07, 6.45) is 2.04. The fourth-order valence-corrected chi connectivity index (χ4v) is 3.55. The smallest absolute Gasteiger partial charge is 0.122 e. The largest absolute Gasteiger partial charge is 0.493 e. The van der Waals surface area contributed by atoms with E-state index in [-0.39, 0.29) is 0 Å². The summed E-state index contributed by atoms with van der Waals surface area (Å²) in [5.74, 6) is 1.03. The molecule has 3 aromatic rings. The first-order valence-electron chi connectivity index (χ1n) is 7.56. The molecule has 21 heavy (non-hydrogen) atoms. The summed E-state index contributed by atoms with van der Waals surface area (Å²) in [6.45, 7) is 5.11. The number of benzene rings is 2. The summed E-state index contributed by atoms with van der Waals surface area (Å²) < 4.78 is 7.17. The number of aryl methyl sites for hydroxylation is 1. The van der Waals surface area contributed by atoms with Crippen LogP contribution in [0, 0.1) is 0 Å². The Morgan fingerprint density at radius 1 is 1.00 bits per heavy atom. The van der Waals surface area contributed by atoms with E-state index < -0.39 is 0 Å². The van der Waals surface area contributed by atoms with E-state index in [1.54, 1.807) is 0 Å². The highest BCUT2D eigenvalue weighted by atomic mass is 32.1. The number of hydrogen-bond acceptors (Lipinski definition) is 2. The van der Waals surface area contributed by atoms with E-state index in [1.807, 2.05) is 11.3 Å². The maximum absolute atomic E-state index is 5.83. The van der Waals surface area contributed by atoms with Crippen LogP contribution in [0.3, 0.4) is 0 Å². The van der Waals surface area contributed by atoms with Crippen LogP contribution in [0.2, 0.25) is 0 Å². The number of thiophene rings is 1. The monoisotopic (exact) mass is 296 g/mol. The quantitative estimate of drug-likeness (QED) is 0.568. The highest BCUT2D eigenvalue weighted by molar-refractivity contribution is 7.22. The fraction of sp³-hybridized carbons (Fsp3) is 0.263. The molecule has 0 amide bonds. The van der Waals surface area contributed by atoms with Gasteiger partial charge in [-0.15, -0.1) is 11.3 Å². The van der Waals surface area contributed by atoms with Gasteiger partial charge < -0.3 is 4.74 Å². The minimum atomic E-state index is 0.787. The van der Waals surface area contributed by atoms with Crippen LogP contribution in [-0.2, 0) is 6.42 Å². The molecule has 1 heterocycles. The third-order valence-corrected chi connectivity index (χ3v) is 4.78. The molecule has 0 unspecified atom stereocenters. The molecular formula is C19H20OS. The van der Waals surface area contributed by atoms with Crippen molar-refractivity contribution < 1.29 is 4.74 Å². The zero-order valence-corrected chi connectivity index (χ0v) is 13.4. The van der Waals surface area contributed by atoms with Crippen molar-refractivity contribution in [3.05, 3.63) is 54.1 Å². The van der Waals surface area contributed by atoms with Gasteiger partial charge >= 0.3 is 0 Å². The molecule has 3 rings (SSSR count). The maximum Gasteiger partial charge on any atom is 0.122 e. The Hall–Kier alpha value is -1.80. The Balaban J connectivity index is 1.98. The van der Waals surface area contributed by atoms with E-state index in [9.17, 15) is 0 Å². The highest BCUT2D eigenvalue weighted by Gasteiger charge is 2.08. The van der Waals surface area contributed by atoms with Gasteiger partial charge in [-0.3, -0.25) is 0 Å². The average Bonchev–Trinajstić information content (AvgIpc) is 2.96. The van der Waals surface area contributed by atoms with Gasteiger partial charge in [0.1, 0.15) is 5.75 Å². The Morgan fingerprint density at radius 2 is 1.86 bits per heavy atom. The number of rotatable bonds is 5. The van der Waals surface area contributed by atoms with Gasteiger partial charge in [-0.1, -0.05) is 32.0 Å². The number of hydrogen-bond donors (Lipinski definition) is 0. The van der Waals surface area contributed by atoms with Crippen molar-refractivity contribution in [1.29, 1.82) is 0 Å². The summed E-state index contributed by atoms with van der Waals surface area (Å²) in [5.41, 5.74) is 2.58. The van der Waals surface area contributed by atoms with Gasteiger partial charge in [-0.05, 0) is 59.7 Å². The third-order valence-electron chi connectivity index (χ3n) is 3.61. The lowest BCUT2D eigenvalue weighted by Crippen LogP contribution is -1.98. The molecule has 0 saturated carbocycles. The topological polar surface area (TPSA) is 9.23 Å². The molecule has 0 spiro atoms. The van der Waals surface area contributed by atoms with Gasteiger partial charge in [0.2, 0.25) is 0 Å². The van der Waals surface area contributed by atoms with Crippen LogP contribution in [0.5, 0.6) is 5.75 Å². The second-order valence-corrected chi connectivity index (χ2v) is 6.26. The van der Waals surface area contributed by atoms with Crippen molar-refractivity contribution in [2.75, 3.05) is 6.61 Å². The molecule has 0 N–H and O–H groups in total. The number of fused-ring (bicyclic) bond motifs is 1. The first kappa shape index (κ1) is 14.2. The lowest BCUT2D eigenvalue weighted by Gasteiger charge is -2.11. The molecule has 0 aliphatic carbocycles. The van der Waals surface area contributed by atoms with E-state index >= 15 is 0 Å². The van der Waals surface area contributed by atoms with E-state index in [4.69, 9.17) is 4.74 Å². The van der Waals surface area contributed by atoms with E-state index in [1.165, 1.54) is 26.1 Å². The Labute approximate surface area is 130 Å². The van der Waals surface area contributed by atoms with Crippen LogP contribution in [0.1, 0.15) is 25.8 Å². The molecule has 108 valence electrons. The molecule has 0 saturated heterocycles. The van der Waals surface area contributed by atoms with Crippen molar-refractivity contribution in [2.45, 2.75) is 26.7 Å². The SMILES string of the molecule is CCCOc1ccc(-c2cc3ccccc3s2)cc1CC. The van der Waals surface area contributed by atoms with Gasteiger partial charge in [-0.25, -0.2) is 0 Å². The van der Waals surface area contributed by atoms with E-state index in [2.05, 4.69) is 62.4 Å². The molecule has 0 aliphatic heterocycles. The Bertz CT molecular complexity index is 709. The van der Waals surface area contributed by atoms with E-state index in [0.29, 0.717) is 0 Å². The Kier molecular flexibility index (Phi) is 4.26. The van der Waals surface area contributed by atoms with Gasteiger partial charge in [0.15, 0.2) is 0 Å². The van der Waals surface area contributed by atoms with Crippen LogP contribution < -0.4 is 4.74 Å². The molecule has 1 aromatic heterocycles.